The Kier molecular flexibility index (Phi) is 7.21. The Labute approximate surface area is 149 Å². The molecule has 1 amide bonds. The van der Waals surface area contributed by atoms with Crippen LogP contribution in [0.4, 0.5) is 4.39 Å². The van der Waals surface area contributed by atoms with E-state index < -0.39 is 0 Å². The van der Waals surface area contributed by atoms with Gasteiger partial charge in [0.15, 0.2) is 0 Å². The van der Waals surface area contributed by atoms with Gasteiger partial charge in [0.05, 0.1) is 6.42 Å². The van der Waals surface area contributed by atoms with E-state index in [9.17, 15) is 9.18 Å². The summed E-state index contributed by atoms with van der Waals surface area (Å²) in [6, 6.07) is 11.4. The van der Waals surface area contributed by atoms with Gasteiger partial charge >= 0.3 is 0 Å². The minimum Gasteiger partial charge on any atom is -0.355 e. The summed E-state index contributed by atoms with van der Waals surface area (Å²) in [5.74, 6) is 1.19. The fourth-order valence-electron chi connectivity index (χ4n) is 1.93. The Hall–Kier alpha value is -1.23. The Balaban J connectivity index is 1.65. The number of rotatable bonds is 7. The standard InChI is InChI=1S/C17H16Cl2FNOS/c18-14-4-3-13(16(19)10-14)11-23-8-7-21-17(22)9-12-1-5-15(20)6-2-12/h1-6,10H,7-9,11H2,(H,21,22). The molecule has 0 unspecified atom stereocenters. The molecule has 0 heterocycles. The highest BCUT2D eigenvalue weighted by Gasteiger charge is 2.04. The van der Waals surface area contributed by atoms with Crippen LogP contribution in [0.2, 0.25) is 10.0 Å². The van der Waals surface area contributed by atoms with Crippen molar-refractivity contribution < 1.29 is 9.18 Å². The quantitative estimate of drug-likeness (QED) is 0.713. The second-order valence-corrected chi connectivity index (χ2v) is 6.89. The lowest BCUT2D eigenvalue weighted by Gasteiger charge is -2.07. The number of halogens is 3. The number of nitrogens with one attached hydrogen (secondary N) is 1. The lowest BCUT2D eigenvalue weighted by atomic mass is 10.1. The molecule has 0 saturated heterocycles. The van der Waals surface area contributed by atoms with Gasteiger partial charge in [-0.2, -0.15) is 11.8 Å². The van der Waals surface area contributed by atoms with Crippen LogP contribution >= 0.6 is 35.0 Å². The summed E-state index contributed by atoms with van der Waals surface area (Å²) >= 11 is 13.6. The van der Waals surface area contributed by atoms with Crippen molar-refractivity contribution in [3.8, 4) is 0 Å². The van der Waals surface area contributed by atoms with Crippen LogP contribution in [0.25, 0.3) is 0 Å². The van der Waals surface area contributed by atoms with Gasteiger partial charge in [-0.1, -0.05) is 41.4 Å². The molecular formula is C17H16Cl2FNOS. The van der Waals surface area contributed by atoms with E-state index in [4.69, 9.17) is 23.2 Å². The van der Waals surface area contributed by atoms with Crippen molar-refractivity contribution in [1.29, 1.82) is 0 Å². The number of benzene rings is 2. The van der Waals surface area contributed by atoms with Gasteiger partial charge < -0.3 is 5.32 Å². The molecule has 2 nitrogen and oxygen atoms in total. The van der Waals surface area contributed by atoms with Crippen molar-refractivity contribution in [3.05, 3.63) is 69.5 Å². The van der Waals surface area contributed by atoms with E-state index in [-0.39, 0.29) is 18.1 Å². The molecule has 2 aromatic rings. The van der Waals surface area contributed by atoms with Crippen molar-refractivity contribution in [2.24, 2.45) is 0 Å². The molecule has 2 rings (SSSR count). The second kappa shape index (κ2) is 9.16. The molecule has 0 spiro atoms. The maximum absolute atomic E-state index is 12.8. The molecule has 1 N–H and O–H groups in total. The van der Waals surface area contributed by atoms with Gasteiger partial charge in [0.2, 0.25) is 5.91 Å². The minimum atomic E-state index is -0.300. The van der Waals surface area contributed by atoms with Gasteiger partial charge in [0.25, 0.3) is 0 Å². The SMILES string of the molecule is O=C(Cc1ccc(F)cc1)NCCSCc1ccc(Cl)cc1Cl. The fraction of sp³-hybridized carbons (Fsp3) is 0.235. The molecule has 0 radical (unpaired) electrons. The molecule has 0 aliphatic carbocycles. The third kappa shape index (κ3) is 6.42. The topological polar surface area (TPSA) is 29.1 Å². The van der Waals surface area contributed by atoms with E-state index in [2.05, 4.69) is 5.32 Å². The number of thioether (sulfide) groups is 1. The van der Waals surface area contributed by atoms with Crippen LogP contribution in [0.3, 0.4) is 0 Å². The summed E-state index contributed by atoms with van der Waals surface area (Å²) in [5, 5.41) is 4.13. The average Bonchev–Trinajstić information content (AvgIpc) is 2.51. The number of carbonyl (C=O) groups excluding carboxylic acids is 1. The summed E-state index contributed by atoms with van der Waals surface area (Å²) in [6.07, 6.45) is 0.258. The highest BCUT2D eigenvalue weighted by atomic mass is 35.5. The molecule has 0 saturated carbocycles. The van der Waals surface area contributed by atoms with Crippen LogP contribution in [-0.2, 0) is 17.0 Å². The third-order valence-corrected chi connectivity index (χ3v) is 4.71. The van der Waals surface area contributed by atoms with Gasteiger partial charge in [-0.05, 0) is 35.4 Å². The Morgan fingerprint density at radius 2 is 1.87 bits per heavy atom. The molecule has 0 atom stereocenters. The highest BCUT2D eigenvalue weighted by molar-refractivity contribution is 7.98. The van der Waals surface area contributed by atoms with Gasteiger partial charge in [-0.25, -0.2) is 4.39 Å². The van der Waals surface area contributed by atoms with Crippen LogP contribution in [-0.4, -0.2) is 18.2 Å². The first kappa shape index (κ1) is 18.1. The van der Waals surface area contributed by atoms with E-state index in [0.29, 0.717) is 16.6 Å². The molecule has 0 aromatic heterocycles. The van der Waals surface area contributed by atoms with E-state index >= 15 is 0 Å². The lowest BCUT2D eigenvalue weighted by molar-refractivity contribution is -0.120. The van der Waals surface area contributed by atoms with Crippen LogP contribution < -0.4 is 5.32 Å². The first-order valence-electron chi connectivity index (χ1n) is 7.07. The molecule has 0 bridgehead atoms. The van der Waals surface area contributed by atoms with Crippen molar-refractivity contribution in [2.45, 2.75) is 12.2 Å². The Morgan fingerprint density at radius 1 is 1.13 bits per heavy atom. The zero-order valence-electron chi connectivity index (χ0n) is 12.3. The molecule has 23 heavy (non-hydrogen) atoms. The molecule has 2 aromatic carbocycles. The van der Waals surface area contributed by atoms with Crippen LogP contribution in [0.1, 0.15) is 11.1 Å². The third-order valence-electron chi connectivity index (χ3n) is 3.12. The zero-order valence-corrected chi connectivity index (χ0v) is 14.6. The Bertz CT molecular complexity index is 664. The molecular weight excluding hydrogens is 356 g/mol. The van der Waals surface area contributed by atoms with Crippen LogP contribution in [0, 0.1) is 5.82 Å². The maximum atomic E-state index is 12.8. The molecule has 0 aliphatic rings. The number of amides is 1. The van der Waals surface area contributed by atoms with E-state index in [0.717, 1.165) is 22.6 Å². The molecule has 122 valence electrons. The maximum Gasteiger partial charge on any atom is 0.224 e. The van der Waals surface area contributed by atoms with E-state index in [1.54, 1.807) is 30.0 Å². The smallest absolute Gasteiger partial charge is 0.224 e. The largest absolute Gasteiger partial charge is 0.355 e. The van der Waals surface area contributed by atoms with Crippen molar-refractivity contribution in [2.75, 3.05) is 12.3 Å². The van der Waals surface area contributed by atoms with Crippen molar-refractivity contribution in [3.63, 3.8) is 0 Å². The predicted molar refractivity (Wildman–Crippen MR) is 95.7 cm³/mol. The average molecular weight is 372 g/mol. The Morgan fingerprint density at radius 3 is 2.57 bits per heavy atom. The minimum absolute atomic E-state index is 0.0678. The first-order chi connectivity index (χ1) is 11.0. The zero-order chi connectivity index (χ0) is 16.7. The number of hydrogen-bond donors (Lipinski definition) is 1. The number of carbonyl (C=O) groups is 1. The summed E-state index contributed by atoms with van der Waals surface area (Å²) < 4.78 is 12.8. The first-order valence-corrected chi connectivity index (χ1v) is 8.98. The predicted octanol–water partition coefficient (Wildman–Crippen LogP) is 4.72. The molecule has 0 fully saturated rings. The monoisotopic (exact) mass is 371 g/mol. The van der Waals surface area contributed by atoms with Gasteiger partial charge in [0, 0.05) is 28.1 Å². The molecule has 6 heteroatoms. The fourth-order valence-corrected chi connectivity index (χ4v) is 3.35. The van der Waals surface area contributed by atoms with Crippen LogP contribution in [0.15, 0.2) is 42.5 Å². The normalized spacial score (nSPS) is 10.6. The number of hydrogen-bond acceptors (Lipinski definition) is 2. The van der Waals surface area contributed by atoms with Gasteiger partial charge in [-0.15, -0.1) is 0 Å². The summed E-state index contributed by atoms with van der Waals surface area (Å²) in [7, 11) is 0. The molecule has 0 aliphatic heterocycles. The van der Waals surface area contributed by atoms with E-state index in [1.165, 1.54) is 12.1 Å². The van der Waals surface area contributed by atoms with Crippen molar-refractivity contribution >= 4 is 40.9 Å². The summed E-state index contributed by atoms with van der Waals surface area (Å²) in [6.45, 7) is 0.579. The van der Waals surface area contributed by atoms with Gasteiger partial charge in [-0.3, -0.25) is 4.79 Å². The summed E-state index contributed by atoms with van der Waals surface area (Å²) in [5.41, 5.74) is 1.82. The second-order valence-electron chi connectivity index (χ2n) is 4.94. The van der Waals surface area contributed by atoms with Gasteiger partial charge in [0.1, 0.15) is 5.82 Å². The van der Waals surface area contributed by atoms with E-state index in [1.807, 2.05) is 12.1 Å². The van der Waals surface area contributed by atoms with Crippen LogP contribution in [0.5, 0.6) is 0 Å². The summed E-state index contributed by atoms with van der Waals surface area (Å²) in [4.78, 5) is 11.8. The lowest BCUT2D eigenvalue weighted by Crippen LogP contribution is -2.27. The van der Waals surface area contributed by atoms with Crippen molar-refractivity contribution in [1.82, 2.24) is 5.32 Å². The highest BCUT2D eigenvalue weighted by Crippen LogP contribution is 2.24.